The molecule has 92 valence electrons. The van der Waals surface area contributed by atoms with Crippen LogP contribution in [0, 0.1) is 11.8 Å². The van der Waals surface area contributed by atoms with E-state index >= 15 is 0 Å². The highest BCUT2D eigenvalue weighted by molar-refractivity contribution is 4.99. The maximum Gasteiger partial charge on any atom is 0.252 e. The second kappa shape index (κ2) is 3.91. The van der Waals surface area contributed by atoms with Crippen molar-refractivity contribution >= 4 is 0 Å². The first kappa shape index (κ1) is 10.9. The van der Waals surface area contributed by atoms with E-state index in [1.54, 1.807) is 0 Å². The summed E-state index contributed by atoms with van der Waals surface area (Å²) in [5.74, 6) is -2.46. The number of nitrogens with zero attached hydrogens (tertiary/aromatic N) is 1. The Hall–Kier alpha value is -0.220. The summed E-state index contributed by atoms with van der Waals surface area (Å²) in [4.78, 5) is 2.34. The van der Waals surface area contributed by atoms with Crippen molar-refractivity contribution in [3.05, 3.63) is 0 Å². The van der Waals surface area contributed by atoms with E-state index in [4.69, 9.17) is 0 Å². The molecule has 0 radical (unpaired) electrons. The standard InChI is InChI=1S/C12H20F2N2/c13-12(14)4-1-9-7-16(8-11(9)12)10-2-5-15-6-3-10/h9-11,15H,1-8H2/t9-,11-/m0/s1. The molecule has 2 atom stereocenters. The average Bonchev–Trinajstić information content (AvgIpc) is 2.82. The lowest BCUT2D eigenvalue weighted by Gasteiger charge is -2.32. The van der Waals surface area contributed by atoms with Crippen LogP contribution in [0.25, 0.3) is 0 Å². The molecule has 0 unspecified atom stereocenters. The minimum absolute atomic E-state index is 0.127. The molecule has 2 heterocycles. The Morgan fingerprint density at radius 3 is 2.50 bits per heavy atom. The Balaban J connectivity index is 1.64. The zero-order valence-electron chi connectivity index (χ0n) is 9.59. The molecule has 3 fully saturated rings. The molecule has 0 aromatic rings. The number of nitrogens with one attached hydrogen (secondary N) is 1. The largest absolute Gasteiger partial charge is 0.317 e. The Kier molecular flexibility index (Phi) is 2.67. The van der Waals surface area contributed by atoms with Crippen molar-refractivity contribution in [3.8, 4) is 0 Å². The number of likely N-dealkylation sites (tertiary alicyclic amines) is 1. The highest BCUT2D eigenvalue weighted by atomic mass is 19.3. The SMILES string of the molecule is FC1(F)CC[C@H]2CN(C3CCNCC3)C[C@@H]21. The quantitative estimate of drug-likeness (QED) is 0.738. The van der Waals surface area contributed by atoms with Gasteiger partial charge in [-0.1, -0.05) is 0 Å². The topological polar surface area (TPSA) is 15.3 Å². The number of fused-ring (bicyclic) bond motifs is 1. The van der Waals surface area contributed by atoms with Gasteiger partial charge in [0.05, 0.1) is 0 Å². The van der Waals surface area contributed by atoms with Crippen LogP contribution in [0.2, 0.25) is 0 Å². The maximum absolute atomic E-state index is 13.6. The Morgan fingerprint density at radius 1 is 1.06 bits per heavy atom. The smallest absolute Gasteiger partial charge is 0.252 e. The third kappa shape index (κ3) is 1.76. The summed E-state index contributed by atoms with van der Waals surface area (Å²) in [5, 5.41) is 3.33. The highest BCUT2D eigenvalue weighted by Crippen LogP contribution is 2.48. The first-order chi connectivity index (χ1) is 7.67. The van der Waals surface area contributed by atoms with Crippen molar-refractivity contribution in [2.75, 3.05) is 26.2 Å². The summed E-state index contributed by atoms with van der Waals surface area (Å²) in [5.41, 5.74) is 0. The number of piperidine rings is 1. The first-order valence-corrected chi connectivity index (χ1v) is 6.49. The predicted molar refractivity (Wildman–Crippen MR) is 58.6 cm³/mol. The molecule has 0 spiro atoms. The summed E-state index contributed by atoms with van der Waals surface area (Å²) >= 11 is 0. The molecule has 0 aromatic carbocycles. The average molecular weight is 230 g/mol. The van der Waals surface area contributed by atoms with Gasteiger partial charge in [-0.3, -0.25) is 4.90 Å². The molecule has 0 bridgehead atoms. The molecule has 4 heteroatoms. The van der Waals surface area contributed by atoms with E-state index in [1.165, 1.54) is 0 Å². The van der Waals surface area contributed by atoms with E-state index in [9.17, 15) is 8.78 Å². The van der Waals surface area contributed by atoms with Crippen LogP contribution in [0.4, 0.5) is 8.78 Å². The van der Waals surface area contributed by atoms with E-state index in [2.05, 4.69) is 10.2 Å². The van der Waals surface area contributed by atoms with Crippen molar-refractivity contribution in [3.63, 3.8) is 0 Å². The molecule has 1 saturated carbocycles. The van der Waals surface area contributed by atoms with Crippen molar-refractivity contribution in [2.45, 2.75) is 37.6 Å². The predicted octanol–water partition coefficient (Wildman–Crippen LogP) is 1.72. The van der Waals surface area contributed by atoms with Crippen molar-refractivity contribution in [2.24, 2.45) is 11.8 Å². The van der Waals surface area contributed by atoms with Crippen LogP contribution in [0.1, 0.15) is 25.7 Å². The first-order valence-electron chi connectivity index (χ1n) is 6.49. The van der Waals surface area contributed by atoms with Gasteiger partial charge in [-0.25, -0.2) is 8.78 Å². The zero-order valence-corrected chi connectivity index (χ0v) is 9.59. The molecule has 1 aliphatic carbocycles. The summed E-state index contributed by atoms with van der Waals surface area (Å²) < 4.78 is 27.2. The van der Waals surface area contributed by atoms with Crippen molar-refractivity contribution in [1.29, 1.82) is 0 Å². The van der Waals surface area contributed by atoms with Crippen LogP contribution in [0.5, 0.6) is 0 Å². The molecule has 1 N–H and O–H groups in total. The lowest BCUT2D eigenvalue weighted by molar-refractivity contribution is -0.0415. The molecule has 16 heavy (non-hydrogen) atoms. The summed E-state index contributed by atoms with van der Waals surface area (Å²) in [6, 6.07) is 0.558. The fourth-order valence-electron chi connectivity index (χ4n) is 3.71. The molecule has 3 rings (SSSR count). The number of hydrogen-bond acceptors (Lipinski definition) is 2. The molecule has 3 aliphatic rings. The van der Waals surface area contributed by atoms with Crippen LogP contribution in [0.15, 0.2) is 0 Å². The van der Waals surface area contributed by atoms with E-state index in [0.29, 0.717) is 12.6 Å². The Bertz CT molecular complexity index is 264. The van der Waals surface area contributed by atoms with E-state index in [1.807, 2.05) is 0 Å². The maximum atomic E-state index is 13.6. The fourth-order valence-corrected chi connectivity index (χ4v) is 3.71. The van der Waals surface area contributed by atoms with Gasteiger partial charge in [-0.2, -0.15) is 0 Å². The number of halogens is 2. The van der Waals surface area contributed by atoms with Gasteiger partial charge >= 0.3 is 0 Å². The highest BCUT2D eigenvalue weighted by Gasteiger charge is 2.54. The fraction of sp³-hybridized carbons (Fsp3) is 1.00. The number of alkyl halides is 2. The number of rotatable bonds is 1. The van der Waals surface area contributed by atoms with Crippen LogP contribution in [-0.4, -0.2) is 43.0 Å². The third-order valence-corrected chi connectivity index (χ3v) is 4.69. The second-order valence-electron chi connectivity index (χ2n) is 5.60. The van der Waals surface area contributed by atoms with Gasteiger partial charge in [0, 0.05) is 31.5 Å². The van der Waals surface area contributed by atoms with Crippen molar-refractivity contribution in [1.82, 2.24) is 10.2 Å². The van der Waals surface area contributed by atoms with Gasteiger partial charge in [-0.05, 0) is 38.3 Å². The van der Waals surface area contributed by atoms with Gasteiger partial charge in [0.2, 0.25) is 0 Å². The van der Waals surface area contributed by atoms with E-state index < -0.39 is 5.92 Å². The van der Waals surface area contributed by atoms with Crippen LogP contribution in [0.3, 0.4) is 0 Å². The molecule has 0 aromatic heterocycles. The van der Waals surface area contributed by atoms with Crippen LogP contribution in [-0.2, 0) is 0 Å². The van der Waals surface area contributed by atoms with Crippen molar-refractivity contribution < 1.29 is 8.78 Å². The molecular formula is C12H20F2N2. The number of hydrogen-bond donors (Lipinski definition) is 1. The Labute approximate surface area is 95.4 Å². The zero-order chi connectivity index (χ0) is 11.2. The lowest BCUT2D eigenvalue weighted by atomic mass is 9.99. The van der Waals surface area contributed by atoms with Crippen LogP contribution < -0.4 is 5.32 Å². The Morgan fingerprint density at radius 2 is 1.81 bits per heavy atom. The third-order valence-electron chi connectivity index (χ3n) is 4.69. The molecule has 2 saturated heterocycles. The minimum atomic E-state index is -2.38. The van der Waals surface area contributed by atoms with Gasteiger partial charge in [0.25, 0.3) is 5.92 Å². The monoisotopic (exact) mass is 230 g/mol. The van der Waals surface area contributed by atoms with Gasteiger partial charge in [0.1, 0.15) is 0 Å². The normalized spacial score (nSPS) is 40.1. The second-order valence-corrected chi connectivity index (χ2v) is 5.60. The van der Waals surface area contributed by atoms with Gasteiger partial charge < -0.3 is 5.32 Å². The lowest BCUT2D eigenvalue weighted by Crippen LogP contribution is -2.43. The molecule has 2 nitrogen and oxygen atoms in total. The summed E-state index contributed by atoms with van der Waals surface area (Å²) in [7, 11) is 0. The van der Waals surface area contributed by atoms with Crippen LogP contribution >= 0.6 is 0 Å². The van der Waals surface area contributed by atoms with E-state index in [0.717, 1.165) is 38.9 Å². The molecule has 0 amide bonds. The van der Waals surface area contributed by atoms with Gasteiger partial charge in [-0.15, -0.1) is 0 Å². The van der Waals surface area contributed by atoms with E-state index in [-0.39, 0.29) is 18.3 Å². The van der Waals surface area contributed by atoms with Gasteiger partial charge in [0.15, 0.2) is 0 Å². The summed E-state index contributed by atoms with van der Waals surface area (Å²) in [6.45, 7) is 3.66. The minimum Gasteiger partial charge on any atom is -0.317 e. The molecule has 2 aliphatic heterocycles. The molecular weight excluding hydrogens is 210 g/mol. The summed E-state index contributed by atoms with van der Waals surface area (Å²) in [6.07, 6.45) is 3.12.